The molecule has 1 aliphatic heterocycles. The largest absolute Gasteiger partial charge is 0.379 e. The highest BCUT2D eigenvalue weighted by Gasteiger charge is 2.21. The Balaban J connectivity index is 1.74. The van der Waals surface area contributed by atoms with Gasteiger partial charge in [0.25, 0.3) is 0 Å². The Kier molecular flexibility index (Phi) is 3.41. The zero-order valence-corrected chi connectivity index (χ0v) is 11.5. The fourth-order valence-corrected chi connectivity index (χ4v) is 2.49. The highest BCUT2D eigenvalue weighted by atomic mass is 16.2. The van der Waals surface area contributed by atoms with Crippen LogP contribution in [0.5, 0.6) is 0 Å². The molecule has 0 spiro atoms. The van der Waals surface area contributed by atoms with Gasteiger partial charge >= 0.3 is 0 Å². The molecule has 20 heavy (non-hydrogen) atoms. The predicted molar refractivity (Wildman–Crippen MR) is 78.6 cm³/mol. The van der Waals surface area contributed by atoms with E-state index in [-0.39, 0.29) is 5.91 Å². The number of fused-ring (bicyclic) bond motifs is 1. The normalized spacial score (nSPS) is 13.9. The number of nitrogens with zero attached hydrogens (tertiary/aromatic N) is 3. The smallest absolute Gasteiger partial charge is 0.225 e. The molecule has 0 saturated heterocycles. The molecule has 1 aliphatic rings. The van der Waals surface area contributed by atoms with Crippen molar-refractivity contribution in [3.05, 3.63) is 42.1 Å². The number of amides is 1. The molecule has 1 aromatic heterocycles. The average molecular weight is 270 g/mol. The fraction of sp³-hybridized carbons (Fsp3) is 0.333. The Morgan fingerprint density at radius 3 is 2.85 bits per heavy atom. The number of aryl methyl sites for hydroxylation is 1. The van der Waals surface area contributed by atoms with Gasteiger partial charge in [-0.2, -0.15) is 5.10 Å². The van der Waals surface area contributed by atoms with Gasteiger partial charge in [0.05, 0.1) is 12.2 Å². The van der Waals surface area contributed by atoms with Gasteiger partial charge in [0, 0.05) is 31.8 Å². The maximum atomic E-state index is 11.6. The van der Waals surface area contributed by atoms with E-state index in [1.807, 2.05) is 41.1 Å². The summed E-state index contributed by atoms with van der Waals surface area (Å²) in [6, 6.07) is 12.0. The monoisotopic (exact) mass is 270 g/mol. The summed E-state index contributed by atoms with van der Waals surface area (Å²) in [6.07, 6.45) is 0.958. The van der Waals surface area contributed by atoms with Crippen LogP contribution in [0, 0.1) is 0 Å². The van der Waals surface area contributed by atoms with E-state index < -0.39 is 0 Å². The summed E-state index contributed by atoms with van der Waals surface area (Å²) in [5, 5.41) is 7.89. The van der Waals surface area contributed by atoms with E-state index in [2.05, 4.69) is 10.4 Å². The molecule has 3 rings (SSSR count). The number of para-hydroxylation sites is 1. The number of nitrogens with one attached hydrogen (secondary N) is 1. The van der Waals surface area contributed by atoms with Gasteiger partial charge in [0.2, 0.25) is 5.91 Å². The lowest BCUT2D eigenvalue weighted by atomic mass is 10.3. The molecule has 0 saturated carbocycles. The minimum absolute atomic E-state index is 0.0772. The second-order valence-electron chi connectivity index (χ2n) is 4.96. The van der Waals surface area contributed by atoms with Crippen molar-refractivity contribution in [2.75, 3.05) is 16.8 Å². The molecule has 1 aromatic carbocycles. The van der Waals surface area contributed by atoms with Crippen LogP contribution >= 0.6 is 0 Å². The van der Waals surface area contributed by atoms with Crippen molar-refractivity contribution in [3.63, 3.8) is 0 Å². The number of carbonyl (C=O) groups is 1. The van der Waals surface area contributed by atoms with Gasteiger partial charge in [-0.15, -0.1) is 0 Å². The van der Waals surface area contributed by atoms with Crippen LogP contribution in [0.3, 0.4) is 0 Å². The van der Waals surface area contributed by atoms with Gasteiger partial charge in [-0.1, -0.05) is 18.2 Å². The van der Waals surface area contributed by atoms with Crippen LogP contribution in [0.4, 0.5) is 11.5 Å². The molecule has 5 heteroatoms. The topological polar surface area (TPSA) is 50.2 Å². The van der Waals surface area contributed by atoms with Gasteiger partial charge in [-0.05, 0) is 18.6 Å². The summed E-state index contributed by atoms with van der Waals surface area (Å²) in [7, 11) is 0. The third-order valence-electron chi connectivity index (χ3n) is 3.47. The zero-order chi connectivity index (χ0) is 13.9. The van der Waals surface area contributed by atoms with Crippen LogP contribution in [0.25, 0.3) is 0 Å². The number of carbonyl (C=O) groups excluding carboxylic acids is 1. The Morgan fingerprint density at radius 1 is 1.30 bits per heavy atom. The number of hydrogen-bond donors (Lipinski definition) is 1. The molecule has 0 fully saturated rings. The minimum Gasteiger partial charge on any atom is -0.379 e. The lowest BCUT2D eigenvalue weighted by Crippen LogP contribution is -2.35. The molecule has 5 nitrogen and oxygen atoms in total. The van der Waals surface area contributed by atoms with Gasteiger partial charge in [0.1, 0.15) is 5.82 Å². The van der Waals surface area contributed by atoms with Crippen molar-refractivity contribution in [2.24, 2.45) is 0 Å². The number of rotatable bonds is 3. The van der Waals surface area contributed by atoms with Crippen LogP contribution < -0.4 is 10.2 Å². The lowest BCUT2D eigenvalue weighted by molar-refractivity contribution is -0.116. The van der Waals surface area contributed by atoms with E-state index in [0.29, 0.717) is 6.54 Å². The predicted octanol–water partition coefficient (Wildman–Crippen LogP) is 2.25. The van der Waals surface area contributed by atoms with Gasteiger partial charge in [-0.3, -0.25) is 9.69 Å². The summed E-state index contributed by atoms with van der Waals surface area (Å²) in [4.78, 5) is 13.4. The van der Waals surface area contributed by atoms with E-state index >= 15 is 0 Å². The summed E-state index contributed by atoms with van der Waals surface area (Å²) < 4.78 is 1.92. The molecule has 0 bridgehead atoms. The third kappa shape index (κ3) is 2.52. The van der Waals surface area contributed by atoms with Gasteiger partial charge < -0.3 is 5.32 Å². The van der Waals surface area contributed by atoms with E-state index in [1.165, 1.54) is 0 Å². The van der Waals surface area contributed by atoms with Gasteiger partial charge in [0.15, 0.2) is 0 Å². The minimum atomic E-state index is 0.0772. The molecular weight excluding hydrogens is 252 g/mol. The Labute approximate surface area is 118 Å². The van der Waals surface area contributed by atoms with E-state index in [4.69, 9.17) is 0 Å². The maximum Gasteiger partial charge on any atom is 0.225 e. The molecule has 2 heterocycles. The molecule has 104 valence electrons. The highest BCUT2D eigenvalue weighted by Crippen LogP contribution is 2.22. The first-order valence-corrected chi connectivity index (χ1v) is 6.88. The SMILES string of the molecule is CC(=O)N1CCCn2nc(CNc3ccccc3)cc21. The summed E-state index contributed by atoms with van der Waals surface area (Å²) in [5.41, 5.74) is 2.03. The molecule has 0 radical (unpaired) electrons. The maximum absolute atomic E-state index is 11.6. The van der Waals surface area contributed by atoms with Crippen LogP contribution in [0.15, 0.2) is 36.4 Å². The number of hydrogen-bond acceptors (Lipinski definition) is 3. The molecule has 1 amide bonds. The number of anilines is 2. The highest BCUT2D eigenvalue weighted by molar-refractivity contribution is 5.90. The standard InChI is InChI=1S/C15H18N4O/c1-12(20)18-8-5-9-19-15(18)10-14(17-19)11-16-13-6-3-2-4-7-13/h2-4,6-7,10,16H,5,8-9,11H2,1H3. The quantitative estimate of drug-likeness (QED) is 0.930. The lowest BCUT2D eigenvalue weighted by Gasteiger charge is -2.26. The Hall–Kier alpha value is -2.30. The van der Waals surface area contributed by atoms with Crippen LogP contribution in [0.2, 0.25) is 0 Å². The number of benzene rings is 1. The van der Waals surface area contributed by atoms with Crippen molar-refractivity contribution >= 4 is 17.4 Å². The average Bonchev–Trinajstić information content (AvgIpc) is 2.88. The van der Waals surface area contributed by atoms with Crippen molar-refractivity contribution in [3.8, 4) is 0 Å². The van der Waals surface area contributed by atoms with E-state index in [9.17, 15) is 4.79 Å². The first-order chi connectivity index (χ1) is 9.74. The van der Waals surface area contributed by atoms with Crippen molar-refractivity contribution < 1.29 is 4.79 Å². The Morgan fingerprint density at radius 2 is 2.10 bits per heavy atom. The molecule has 0 unspecified atom stereocenters. The van der Waals surface area contributed by atoms with Crippen molar-refractivity contribution in [2.45, 2.75) is 26.4 Å². The van der Waals surface area contributed by atoms with Crippen LogP contribution in [0.1, 0.15) is 19.0 Å². The summed E-state index contributed by atoms with van der Waals surface area (Å²) in [5.74, 6) is 0.988. The summed E-state index contributed by atoms with van der Waals surface area (Å²) >= 11 is 0. The van der Waals surface area contributed by atoms with E-state index in [0.717, 1.165) is 36.7 Å². The molecular formula is C15H18N4O. The zero-order valence-electron chi connectivity index (χ0n) is 11.5. The first kappa shape index (κ1) is 12.7. The van der Waals surface area contributed by atoms with Gasteiger partial charge in [-0.25, -0.2) is 4.68 Å². The molecule has 1 N–H and O–H groups in total. The molecule has 0 aliphatic carbocycles. The second kappa shape index (κ2) is 5.36. The fourth-order valence-electron chi connectivity index (χ4n) is 2.49. The van der Waals surface area contributed by atoms with Crippen molar-refractivity contribution in [1.82, 2.24) is 9.78 Å². The Bertz CT molecular complexity index is 606. The van der Waals surface area contributed by atoms with Crippen LogP contribution in [-0.4, -0.2) is 22.2 Å². The first-order valence-electron chi connectivity index (χ1n) is 6.88. The third-order valence-corrected chi connectivity index (χ3v) is 3.47. The second-order valence-corrected chi connectivity index (χ2v) is 4.96. The molecule has 2 aromatic rings. The van der Waals surface area contributed by atoms with E-state index in [1.54, 1.807) is 11.8 Å². The summed E-state index contributed by atoms with van der Waals surface area (Å²) in [6.45, 7) is 3.93. The number of aromatic nitrogens is 2. The van der Waals surface area contributed by atoms with Crippen molar-refractivity contribution in [1.29, 1.82) is 0 Å². The van der Waals surface area contributed by atoms with Crippen LogP contribution in [-0.2, 0) is 17.9 Å². The molecule has 0 atom stereocenters.